The van der Waals surface area contributed by atoms with Gasteiger partial charge >= 0.3 is 12.0 Å². The van der Waals surface area contributed by atoms with Gasteiger partial charge in [0.15, 0.2) is 0 Å². The first kappa shape index (κ1) is 16.1. The van der Waals surface area contributed by atoms with E-state index in [-0.39, 0.29) is 19.1 Å². The van der Waals surface area contributed by atoms with E-state index < -0.39 is 18.0 Å². The van der Waals surface area contributed by atoms with Crippen LogP contribution in [0.15, 0.2) is 0 Å². The Morgan fingerprint density at radius 3 is 2.41 bits per heavy atom. The SMILES string of the molecule is CCC(CSC)NC(=O)N[C@H](CCO)C(=O)O. The maximum atomic E-state index is 11.5. The van der Waals surface area contributed by atoms with Gasteiger partial charge in [0.2, 0.25) is 0 Å². The summed E-state index contributed by atoms with van der Waals surface area (Å²) >= 11 is 1.61. The Morgan fingerprint density at radius 2 is 2.00 bits per heavy atom. The molecular weight excluding hydrogens is 244 g/mol. The van der Waals surface area contributed by atoms with Crippen LogP contribution in [0.3, 0.4) is 0 Å². The van der Waals surface area contributed by atoms with Gasteiger partial charge in [0.05, 0.1) is 0 Å². The molecule has 1 unspecified atom stereocenters. The maximum Gasteiger partial charge on any atom is 0.326 e. The molecule has 100 valence electrons. The van der Waals surface area contributed by atoms with E-state index in [1.807, 2.05) is 13.2 Å². The van der Waals surface area contributed by atoms with Gasteiger partial charge in [-0.15, -0.1) is 0 Å². The van der Waals surface area contributed by atoms with Crippen molar-refractivity contribution in [3.05, 3.63) is 0 Å². The molecule has 0 aliphatic heterocycles. The van der Waals surface area contributed by atoms with Crippen LogP contribution in [0.25, 0.3) is 0 Å². The minimum Gasteiger partial charge on any atom is -0.480 e. The molecule has 2 atom stereocenters. The summed E-state index contributed by atoms with van der Waals surface area (Å²) in [6.07, 6.45) is 2.72. The molecule has 0 radical (unpaired) electrons. The number of aliphatic hydroxyl groups is 1. The van der Waals surface area contributed by atoms with Crippen molar-refractivity contribution in [1.82, 2.24) is 10.6 Å². The third kappa shape index (κ3) is 7.06. The minimum absolute atomic E-state index is 0.00206. The van der Waals surface area contributed by atoms with Crippen molar-refractivity contribution in [2.75, 3.05) is 18.6 Å². The topological polar surface area (TPSA) is 98.7 Å². The number of aliphatic carboxylic acids is 1. The Labute approximate surface area is 105 Å². The van der Waals surface area contributed by atoms with Crippen molar-refractivity contribution in [3.63, 3.8) is 0 Å². The van der Waals surface area contributed by atoms with E-state index in [1.54, 1.807) is 11.8 Å². The van der Waals surface area contributed by atoms with Gasteiger partial charge in [0.1, 0.15) is 6.04 Å². The highest BCUT2D eigenvalue weighted by atomic mass is 32.2. The van der Waals surface area contributed by atoms with Crippen LogP contribution in [0.4, 0.5) is 4.79 Å². The number of carbonyl (C=O) groups excluding carboxylic acids is 1. The smallest absolute Gasteiger partial charge is 0.326 e. The van der Waals surface area contributed by atoms with Gasteiger partial charge in [-0.2, -0.15) is 11.8 Å². The fraction of sp³-hybridized carbons (Fsp3) is 0.800. The van der Waals surface area contributed by atoms with E-state index in [4.69, 9.17) is 10.2 Å². The Kier molecular flexibility index (Phi) is 8.61. The molecule has 7 heteroatoms. The van der Waals surface area contributed by atoms with Crippen LogP contribution in [0, 0.1) is 0 Å². The van der Waals surface area contributed by atoms with Gasteiger partial charge in [-0.25, -0.2) is 9.59 Å². The lowest BCUT2D eigenvalue weighted by Gasteiger charge is -2.19. The van der Waals surface area contributed by atoms with Crippen LogP contribution in [0.1, 0.15) is 19.8 Å². The second kappa shape index (κ2) is 9.12. The molecule has 0 bridgehead atoms. The van der Waals surface area contributed by atoms with E-state index in [0.717, 1.165) is 12.2 Å². The van der Waals surface area contributed by atoms with Crippen molar-refractivity contribution >= 4 is 23.8 Å². The first-order valence-electron chi connectivity index (χ1n) is 5.44. The van der Waals surface area contributed by atoms with Gasteiger partial charge in [0.25, 0.3) is 0 Å². The van der Waals surface area contributed by atoms with Crippen LogP contribution in [-0.4, -0.2) is 52.9 Å². The number of carbonyl (C=O) groups is 2. The standard InChI is InChI=1S/C10H20N2O4S/c1-3-7(6-17-2)11-10(16)12-8(4-5-13)9(14)15/h7-8,13H,3-6H2,1-2H3,(H,14,15)(H2,11,12,16)/t7?,8-/m1/s1. The average molecular weight is 264 g/mol. The van der Waals surface area contributed by atoms with Gasteiger partial charge in [-0.05, 0) is 12.7 Å². The quantitative estimate of drug-likeness (QED) is 0.504. The number of nitrogens with one attached hydrogen (secondary N) is 2. The summed E-state index contributed by atoms with van der Waals surface area (Å²) in [6.45, 7) is 1.67. The highest BCUT2D eigenvalue weighted by Crippen LogP contribution is 2.01. The zero-order chi connectivity index (χ0) is 13.3. The molecule has 0 saturated carbocycles. The van der Waals surface area contributed by atoms with E-state index in [9.17, 15) is 9.59 Å². The average Bonchev–Trinajstić information content (AvgIpc) is 2.27. The summed E-state index contributed by atoms with van der Waals surface area (Å²) in [5, 5.41) is 22.5. The molecule has 0 heterocycles. The van der Waals surface area contributed by atoms with Crippen molar-refractivity contribution in [3.8, 4) is 0 Å². The number of hydrogen-bond donors (Lipinski definition) is 4. The first-order valence-corrected chi connectivity index (χ1v) is 6.84. The number of thioether (sulfide) groups is 1. The molecule has 0 spiro atoms. The molecule has 2 amide bonds. The number of amides is 2. The molecule has 0 aromatic rings. The van der Waals surface area contributed by atoms with Gasteiger partial charge in [0, 0.05) is 24.8 Å². The van der Waals surface area contributed by atoms with Crippen molar-refractivity contribution < 1.29 is 19.8 Å². The predicted molar refractivity (Wildman–Crippen MR) is 67.3 cm³/mol. The fourth-order valence-electron chi connectivity index (χ4n) is 1.23. The second-order valence-corrected chi connectivity index (χ2v) is 4.49. The molecule has 0 aromatic carbocycles. The van der Waals surface area contributed by atoms with Crippen molar-refractivity contribution in [2.45, 2.75) is 31.8 Å². The Hall–Kier alpha value is -0.950. The van der Waals surface area contributed by atoms with E-state index >= 15 is 0 Å². The summed E-state index contributed by atoms with van der Waals surface area (Å²) in [5.74, 6) is -0.367. The molecule has 6 nitrogen and oxygen atoms in total. The van der Waals surface area contributed by atoms with Crippen molar-refractivity contribution in [2.24, 2.45) is 0 Å². The number of carboxylic acid groups (broad SMARTS) is 1. The molecule has 0 fully saturated rings. The number of aliphatic hydroxyl groups excluding tert-OH is 1. The van der Waals surface area contributed by atoms with Crippen LogP contribution >= 0.6 is 11.8 Å². The predicted octanol–water partition coefficient (Wildman–Crippen LogP) is 0.263. The van der Waals surface area contributed by atoms with E-state index in [0.29, 0.717) is 0 Å². The zero-order valence-electron chi connectivity index (χ0n) is 10.1. The third-order valence-corrected chi connectivity index (χ3v) is 2.95. The molecule has 17 heavy (non-hydrogen) atoms. The number of rotatable bonds is 8. The van der Waals surface area contributed by atoms with Gasteiger partial charge < -0.3 is 20.8 Å². The molecule has 0 aliphatic carbocycles. The summed E-state index contributed by atoms with van der Waals surface area (Å²) < 4.78 is 0. The zero-order valence-corrected chi connectivity index (χ0v) is 10.9. The number of urea groups is 1. The summed E-state index contributed by atoms with van der Waals surface area (Å²) in [4.78, 5) is 22.2. The van der Waals surface area contributed by atoms with Crippen LogP contribution in [-0.2, 0) is 4.79 Å². The summed E-state index contributed by atoms with van der Waals surface area (Å²) in [6, 6.07) is -1.54. The van der Waals surface area contributed by atoms with E-state index in [1.165, 1.54) is 0 Å². The highest BCUT2D eigenvalue weighted by molar-refractivity contribution is 7.98. The van der Waals surface area contributed by atoms with Gasteiger partial charge in [-0.3, -0.25) is 0 Å². The fourth-order valence-corrected chi connectivity index (χ4v) is 1.96. The van der Waals surface area contributed by atoms with E-state index in [2.05, 4.69) is 10.6 Å². The van der Waals surface area contributed by atoms with Gasteiger partial charge in [-0.1, -0.05) is 6.92 Å². The normalized spacial score (nSPS) is 13.8. The number of hydrogen-bond acceptors (Lipinski definition) is 4. The Balaban J connectivity index is 4.16. The molecular formula is C10H20N2O4S. The second-order valence-electron chi connectivity index (χ2n) is 3.58. The maximum absolute atomic E-state index is 11.5. The first-order chi connectivity index (χ1) is 8.04. The summed E-state index contributed by atoms with van der Waals surface area (Å²) in [5.41, 5.74) is 0. The van der Waals surface area contributed by atoms with Crippen LogP contribution in [0.2, 0.25) is 0 Å². The minimum atomic E-state index is -1.15. The molecule has 0 aliphatic rings. The third-order valence-electron chi connectivity index (χ3n) is 2.22. The molecule has 0 aromatic heterocycles. The lowest BCUT2D eigenvalue weighted by Crippen LogP contribution is -2.49. The molecule has 0 saturated heterocycles. The monoisotopic (exact) mass is 264 g/mol. The molecule has 4 N–H and O–H groups in total. The lowest BCUT2D eigenvalue weighted by molar-refractivity contribution is -0.139. The highest BCUT2D eigenvalue weighted by Gasteiger charge is 2.20. The summed E-state index contributed by atoms with van der Waals surface area (Å²) in [7, 11) is 0. The number of carboxylic acids is 1. The van der Waals surface area contributed by atoms with Crippen LogP contribution < -0.4 is 10.6 Å². The van der Waals surface area contributed by atoms with Crippen molar-refractivity contribution in [1.29, 1.82) is 0 Å². The lowest BCUT2D eigenvalue weighted by atomic mass is 10.2. The largest absolute Gasteiger partial charge is 0.480 e. The Bertz CT molecular complexity index is 250. The van der Waals surface area contributed by atoms with Crippen LogP contribution in [0.5, 0.6) is 0 Å². The Morgan fingerprint density at radius 1 is 1.35 bits per heavy atom. The molecule has 0 rings (SSSR count).